The van der Waals surface area contributed by atoms with Crippen LogP contribution in [0, 0.1) is 0 Å². The van der Waals surface area contributed by atoms with Crippen molar-refractivity contribution in [1.29, 1.82) is 0 Å². The Balaban J connectivity index is 5.74. The van der Waals surface area contributed by atoms with Gasteiger partial charge in [0.15, 0.2) is 11.9 Å². The molecular weight excluding hydrogens is 528 g/mol. The van der Waals surface area contributed by atoms with Gasteiger partial charge >= 0.3 is 5.97 Å². The van der Waals surface area contributed by atoms with E-state index in [2.05, 4.69) is 25.9 Å². The van der Waals surface area contributed by atoms with Crippen molar-refractivity contribution in [2.24, 2.45) is 50.1 Å². The van der Waals surface area contributed by atoms with E-state index in [0.29, 0.717) is 32.2 Å². The smallest absolute Gasteiger partial charge is 0.326 e. The molecule has 4 unspecified atom stereocenters. The maximum Gasteiger partial charge on any atom is 0.326 e. The Labute approximate surface area is 232 Å². The Hall–Kier alpha value is -4.19. The van der Waals surface area contributed by atoms with Gasteiger partial charge in [0, 0.05) is 13.1 Å². The third-order valence-corrected chi connectivity index (χ3v) is 5.48. The first-order valence-corrected chi connectivity index (χ1v) is 12.8. The standard InChI is InChI=1S/C22H44N12O6/c23-8-2-1-5-12(24)17(36)32-13(6-3-9-30-21(26)27)18(37)33-14(7-4-10-31-22(28)29)19(38)34-15(20(39)40)11-16(25)35/h12-15H,1-11,23-24H2,(H2,25,35)(H,32,36)(H,33,37)(H,34,38)(H,39,40)(H4,26,27,30)(H4,28,29,31). The second-order valence-electron chi connectivity index (χ2n) is 8.98. The van der Waals surface area contributed by atoms with Crippen LogP contribution >= 0.6 is 0 Å². The summed E-state index contributed by atoms with van der Waals surface area (Å²) in [5.41, 5.74) is 37.8. The summed E-state index contributed by atoms with van der Waals surface area (Å²) in [5, 5.41) is 16.6. The lowest BCUT2D eigenvalue weighted by Gasteiger charge is -2.25. The minimum atomic E-state index is -1.62. The number of nitrogens with zero attached hydrogens (tertiary/aromatic N) is 2. The lowest BCUT2D eigenvalue weighted by molar-refractivity contribution is -0.143. The van der Waals surface area contributed by atoms with Crippen LogP contribution in [-0.4, -0.2) is 90.4 Å². The Bertz CT molecular complexity index is 905. The molecule has 40 heavy (non-hydrogen) atoms. The zero-order valence-corrected chi connectivity index (χ0v) is 22.5. The zero-order valence-electron chi connectivity index (χ0n) is 22.5. The summed E-state index contributed by atoms with van der Waals surface area (Å²) in [6.07, 6.45) is 1.56. The fourth-order valence-electron chi connectivity index (χ4n) is 3.41. The topological polar surface area (TPSA) is 349 Å². The number of aliphatic imine (C=N–C) groups is 2. The van der Waals surface area contributed by atoms with Crippen molar-refractivity contribution in [1.82, 2.24) is 16.0 Å². The molecule has 0 aliphatic carbocycles. The third-order valence-electron chi connectivity index (χ3n) is 5.48. The van der Waals surface area contributed by atoms with E-state index in [-0.39, 0.29) is 44.3 Å². The Morgan fingerprint density at radius 2 is 1.10 bits per heavy atom. The van der Waals surface area contributed by atoms with Crippen LogP contribution in [0.1, 0.15) is 51.4 Å². The molecule has 0 aromatic heterocycles. The molecule has 0 saturated carbocycles. The van der Waals surface area contributed by atoms with Crippen LogP contribution in [0.2, 0.25) is 0 Å². The van der Waals surface area contributed by atoms with Crippen LogP contribution in [0.3, 0.4) is 0 Å². The van der Waals surface area contributed by atoms with E-state index in [1.165, 1.54) is 0 Å². The van der Waals surface area contributed by atoms with Crippen LogP contribution in [0.5, 0.6) is 0 Å². The Morgan fingerprint density at radius 3 is 1.50 bits per heavy atom. The van der Waals surface area contributed by atoms with Gasteiger partial charge in [-0.05, 0) is 45.1 Å². The van der Waals surface area contributed by atoms with E-state index in [0.717, 1.165) is 0 Å². The van der Waals surface area contributed by atoms with Gasteiger partial charge in [-0.3, -0.25) is 29.2 Å². The van der Waals surface area contributed by atoms with Gasteiger partial charge in [-0.1, -0.05) is 6.42 Å². The van der Waals surface area contributed by atoms with Crippen LogP contribution < -0.4 is 56.1 Å². The van der Waals surface area contributed by atoms with Crippen molar-refractivity contribution in [3.05, 3.63) is 0 Å². The molecule has 0 aromatic carbocycles. The van der Waals surface area contributed by atoms with Gasteiger partial charge in [0.1, 0.15) is 18.1 Å². The third kappa shape index (κ3) is 16.6. The van der Waals surface area contributed by atoms with Crippen LogP contribution in [0.25, 0.3) is 0 Å². The SMILES string of the molecule is NCCCCC(N)C(=O)NC(CCCN=C(N)N)C(=O)NC(CCCN=C(N)N)C(=O)NC(CC(N)=O)C(=O)O. The summed E-state index contributed by atoms with van der Waals surface area (Å²) in [6, 6.07) is -4.92. The first-order valence-electron chi connectivity index (χ1n) is 12.8. The highest BCUT2D eigenvalue weighted by atomic mass is 16.4. The van der Waals surface area contributed by atoms with Crippen molar-refractivity contribution in [3.8, 4) is 0 Å². The molecule has 0 bridgehead atoms. The predicted molar refractivity (Wildman–Crippen MR) is 148 cm³/mol. The van der Waals surface area contributed by atoms with Gasteiger partial charge in [0.2, 0.25) is 23.6 Å². The Kier molecular flexibility index (Phi) is 17.7. The lowest BCUT2D eigenvalue weighted by Crippen LogP contribution is -2.57. The van der Waals surface area contributed by atoms with E-state index in [1.54, 1.807) is 0 Å². The molecule has 18 heteroatoms. The molecule has 0 radical (unpaired) electrons. The maximum absolute atomic E-state index is 13.2. The maximum atomic E-state index is 13.2. The van der Waals surface area contributed by atoms with Crippen LogP contribution in [-0.2, 0) is 24.0 Å². The number of carbonyl (C=O) groups is 5. The van der Waals surface area contributed by atoms with Crippen molar-refractivity contribution in [2.45, 2.75) is 75.5 Å². The molecule has 4 atom stereocenters. The highest BCUT2D eigenvalue weighted by Gasteiger charge is 2.30. The number of nitrogens with two attached hydrogens (primary N) is 7. The highest BCUT2D eigenvalue weighted by molar-refractivity contribution is 5.94. The molecule has 0 heterocycles. The van der Waals surface area contributed by atoms with E-state index in [1.807, 2.05) is 0 Å². The second kappa shape index (κ2) is 19.8. The van der Waals surface area contributed by atoms with Gasteiger partial charge in [-0.15, -0.1) is 0 Å². The molecule has 0 aliphatic rings. The average Bonchev–Trinajstić information content (AvgIpc) is 2.86. The molecule has 18 N–H and O–H groups in total. The van der Waals surface area contributed by atoms with Crippen molar-refractivity contribution in [2.75, 3.05) is 19.6 Å². The van der Waals surface area contributed by atoms with Crippen LogP contribution in [0.4, 0.5) is 0 Å². The molecule has 228 valence electrons. The zero-order chi connectivity index (χ0) is 30.7. The number of nitrogens with one attached hydrogen (secondary N) is 3. The van der Waals surface area contributed by atoms with Gasteiger partial charge in [-0.25, -0.2) is 4.79 Å². The number of rotatable bonds is 21. The van der Waals surface area contributed by atoms with Crippen molar-refractivity contribution in [3.63, 3.8) is 0 Å². The number of amides is 4. The van der Waals surface area contributed by atoms with E-state index in [9.17, 15) is 29.1 Å². The molecule has 0 saturated heterocycles. The number of unbranched alkanes of at least 4 members (excludes halogenated alkanes) is 1. The highest BCUT2D eigenvalue weighted by Crippen LogP contribution is 2.06. The summed E-state index contributed by atoms with van der Waals surface area (Å²) in [5.74, 6) is -4.98. The molecule has 0 aliphatic heterocycles. The summed E-state index contributed by atoms with van der Waals surface area (Å²) in [7, 11) is 0. The van der Waals surface area contributed by atoms with Crippen molar-refractivity contribution < 1.29 is 29.1 Å². The first kappa shape index (κ1) is 35.8. The first-order chi connectivity index (χ1) is 18.8. The molecule has 18 nitrogen and oxygen atoms in total. The number of hydrogen-bond acceptors (Lipinski definition) is 9. The minimum absolute atomic E-state index is 0.00939. The van der Waals surface area contributed by atoms with Crippen molar-refractivity contribution >= 4 is 41.5 Å². The summed E-state index contributed by atoms with van der Waals surface area (Å²) >= 11 is 0. The summed E-state index contributed by atoms with van der Waals surface area (Å²) < 4.78 is 0. The molecule has 4 amide bonds. The van der Waals surface area contributed by atoms with E-state index in [4.69, 9.17) is 40.1 Å². The molecular formula is C22H44N12O6. The minimum Gasteiger partial charge on any atom is -0.480 e. The number of aliphatic carboxylic acids is 1. The fraction of sp³-hybridized carbons (Fsp3) is 0.682. The molecule has 0 spiro atoms. The Morgan fingerprint density at radius 1 is 0.650 bits per heavy atom. The number of carboxylic acid groups (broad SMARTS) is 1. The summed E-state index contributed by atoms with van der Waals surface area (Å²) in [4.78, 5) is 69.2. The molecule has 0 fully saturated rings. The quantitative estimate of drug-likeness (QED) is 0.0349. The van der Waals surface area contributed by atoms with E-state index < -0.39 is 60.2 Å². The predicted octanol–water partition coefficient (Wildman–Crippen LogP) is -5.04. The summed E-state index contributed by atoms with van der Waals surface area (Å²) in [6.45, 7) is 0.724. The van der Waals surface area contributed by atoms with Gasteiger partial charge < -0.3 is 61.2 Å². The van der Waals surface area contributed by atoms with Gasteiger partial charge in [0.05, 0.1) is 12.5 Å². The largest absolute Gasteiger partial charge is 0.480 e. The monoisotopic (exact) mass is 572 g/mol. The second-order valence-corrected chi connectivity index (χ2v) is 8.98. The molecule has 0 rings (SSSR count). The lowest BCUT2D eigenvalue weighted by atomic mass is 10.0. The average molecular weight is 573 g/mol. The number of primary amides is 1. The number of carboxylic acids is 1. The van der Waals surface area contributed by atoms with Gasteiger partial charge in [-0.2, -0.15) is 0 Å². The molecule has 0 aromatic rings. The number of carbonyl (C=O) groups excluding carboxylic acids is 4. The number of hydrogen-bond donors (Lipinski definition) is 11. The van der Waals surface area contributed by atoms with E-state index >= 15 is 0 Å². The fourth-order valence-corrected chi connectivity index (χ4v) is 3.41. The normalized spacial score (nSPS) is 13.6. The van der Waals surface area contributed by atoms with Crippen LogP contribution in [0.15, 0.2) is 9.98 Å². The van der Waals surface area contributed by atoms with Gasteiger partial charge in [0.25, 0.3) is 0 Å². The number of guanidine groups is 2.